The highest BCUT2D eigenvalue weighted by molar-refractivity contribution is 5.47. The van der Waals surface area contributed by atoms with Crippen molar-refractivity contribution in [3.8, 4) is 0 Å². The number of hydrogen-bond donors (Lipinski definition) is 1. The van der Waals surface area contributed by atoms with Gasteiger partial charge in [-0.3, -0.25) is 0 Å². The quantitative estimate of drug-likeness (QED) is 0.758. The van der Waals surface area contributed by atoms with E-state index in [9.17, 15) is 0 Å². The van der Waals surface area contributed by atoms with Gasteiger partial charge in [-0.2, -0.15) is 0 Å². The second-order valence-electron chi connectivity index (χ2n) is 5.21. The molecule has 0 aromatic heterocycles. The third-order valence-corrected chi connectivity index (χ3v) is 3.34. The van der Waals surface area contributed by atoms with Crippen molar-refractivity contribution in [1.29, 1.82) is 0 Å². The number of nitrogens with two attached hydrogens (primary N) is 1. The summed E-state index contributed by atoms with van der Waals surface area (Å²) in [6, 6.07) is 8.69. The lowest BCUT2D eigenvalue weighted by atomic mass is 10.0. The maximum absolute atomic E-state index is 5.64. The summed E-state index contributed by atoms with van der Waals surface area (Å²) in [6.45, 7) is 9.77. The van der Waals surface area contributed by atoms with Gasteiger partial charge in [-0.05, 0) is 36.5 Å². The van der Waals surface area contributed by atoms with Crippen molar-refractivity contribution in [3.05, 3.63) is 29.8 Å². The summed E-state index contributed by atoms with van der Waals surface area (Å²) >= 11 is 0. The Balaban J connectivity index is 2.69. The number of anilines is 1. The Morgan fingerprint density at radius 1 is 1.11 bits per heavy atom. The molecule has 0 aliphatic heterocycles. The van der Waals surface area contributed by atoms with Gasteiger partial charge in [-0.25, -0.2) is 0 Å². The van der Waals surface area contributed by atoms with E-state index in [4.69, 9.17) is 5.73 Å². The van der Waals surface area contributed by atoms with E-state index in [1.165, 1.54) is 30.5 Å². The molecule has 2 N–H and O–H groups in total. The van der Waals surface area contributed by atoms with Crippen LogP contribution in [0.2, 0.25) is 0 Å². The second-order valence-corrected chi connectivity index (χ2v) is 5.21. The molecule has 0 radical (unpaired) electrons. The molecule has 2 nitrogen and oxygen atoms in total. The van der Waals surface area contributed by atoms with Crippen LogP contribution < -0.4 is 10.6 Å². The fourth-order valence-corrected chi connectivity index (χ4v) is 2.40. The van der Waals surface area contributed by atoms with Crippen molar-refractivity contribution in [1.82, 2.24) is 0 Å². The minimum absolute atomic E-state index is 0.625. The summed E-state index contributed by atoms with van der Waals surface area (Å²) in [5.74, 6) is 0.760. The van der Waals surface area contributed by atoms with Gasteiger partial charge in [0.15, 0.2) is 0 Å². The molecule has 102 valence electrons. The van der Waals surface area contributed by atoms with Crippen molar-refractivity contribution < 1.29 is 0 Å². The molecule has 0 aliphatic carbocycles. The predicted molar refractivity (Wildman–Crippen MR) is 80.9 cm³/mol. The molecule has 0 aliphatic rings. The van der Waals surface area contributed by atoms with E-state index in [0.717, 1.165) is 19.0 Å². The van der Waals surface area contributed by atoms with Gasteiger partial charge in [0.1, 0.15) is 0 Å². The number of hydrogen-bond acceptors (Lipinski definition) is 2. The van der Waals surface area contributed by atoms with Gasteiger partial charge in [-0.15, -0.1) is 0 Å². The lowest BCUT2D eigenvalue weighted by molar-refractivity contribution is 0.510. The molecule has 1 aromatic rings. The fraction of sp³-hybridized carbons (Fsp3) is 0.625. The second kappa shape index (κ2) is 8.15. The standard InChI is InChI=1S/C16H28N2/c1-4-6-14(3)13-18(11-5-2)16-9-7-15(12-17)8-10-16/h7-10,14H,4-6,11-13,17H2,1-3H3. The first-order valence-electron chi connectivity index (χ1n) is 7.25. The topological polar surface area (TPSA) is 29.3 Å². The van der Waals surface area contributed by atoms with Crippen molar-refractivity contribution in [2.75, 3.05) is 18.0 Å². The highest BCUT2D eigenvalue weighted by atomic mass is 15.1. The summed E-state index contributed by atoms with van der Waals surface area (Å²) in [5.41, 5.74) is 8.18. The Morgan fingerprint density at radius 2 is 1.78 bits per heavy atom. The molecule has 0 saturated heterocycles. The Labute approximate surface area is 112 Å². The third kappa shape index (κ3) is 4.69. The van der Waals surface area contributed by atoms with Crippen LogP contribution in [-0.4, -0.2) is 13.1 Å². The monoisotopic (exact) mass is 248 g/mol. The zero-order valence-electron chi connectivity index (χ0n) is 12.2. The number of rotatable bonds is 8. The first kappa shape index (κ1) is 15.0. The lowest BCUT2D eigenvalue weighted by Crippen LogP contribution is -2.29. The smallest absolute Gasteiger partial charge is 0.0366 e. The molecule has 1 aromatic carbocycles. The van der Waals surface area contributed by atoms with Gasteiger partial charge >= 0.3 is 0 Å². The van der Waals surface area contributed by atoms with Gasteiger partial charge < -0.3 is 10.6 Å². The zero-order chi connectivity index (χ0) is 13.4. The Hall–Kier alpha value is -1.02. The summed E-state index contributed by atoms with van der Waals surface area (Å²) < 4.78 is 0. The first-order valence-corrected chi connectivity index (χ1v) is 7.25. The van der Waals surface area contributed by atoms with E-state index in [-0.39, 0.29) is 0 Å². The molecule has 0 saturated carbocycles. The van der Waals surface area contributed by atoms with Gasteiger partial charge in [0.05, 0.1) is 0 Å². The van der Waals surface area contributed by atoms with Gasteiger partial charge in [-0.1, -0.05) is 39.3 Å². The normalized spacial score (nSPS) is 12.4. The highest BCUT2D eigenvalue weighted by Gasteiger charge is 2.09. The van der Waals surface area contributed by atoms with Crippen LogP contribution in [0.15, 0.2) is 24.3 Å². The van der Waals surface area contributed by atoms with Crippen molar-refractivity contribution in [3.63, 3.8) is 0 Å². The van der Waals surface area contributed by atoms with Crippen molar-refractivity contribution in [2.24, 2.45) is 11.7 Å². The van der Waals surface area contributed by atoms with E-state index < -0.39 is 0 Å². The van der Waals surface area contributed by atoms with Crippen LogP contribution in [0.5, 0.6) is 0 Å². The van der Waals surface area contributed by atoms with Crippen LogP contribution in [0.3, 0.4) is 0 Å². The molecule has 0 fully saturated rings. The average molecular weight is 248 g/mol. The van der Waals surface area contributed by atoms with Crippen LogP contribution in [0.25, 0.3) is 0 Å². The molecular formula is C16H28N2. The average Bonchev–Trinajstić information content (AvgIpc) is 2.39. The zero-order valence-corrected chi connectivity index (χ0v) is 12.2. The molecule has 1 unspecified atom stereocenters. The molecule has 18 heavy (non-hydrogen) atoms. The largest absolute Gasteiger partial charge is 0.371 e. The van der Waals surface area contributed by atoms with Crippen LogP contribution in [0.1, 0.15) is 45.6 Å². The third-order valence-electron chi connectivity index (χ3n) is 3.34. The molecule has 0 heterocycles. The Kier molecular flexibility index (Phi) is 6.81. The molecule has 0 bridgehead atoms. The molecule has 2 heteroatoms. The molecule has 0 spiro atoms. The van der Waals surface area contributed by atoms with Crippen molar-refractivity contribution >= 4 is 5.69 Å². The van der Waals surface area contributed by atoms with Gasteiger partial charge in [0.2, 0.25) is 0 Å². The summed E-state index contributed by atoms with van der Waals surface area (Å²) in [6.07, 6.45) is 3.77. The van der Waals surface area contributed by atoms with E-state index in [1.54, 1.807) is 0 Å². The minimum Gasteiger partial charge on any atom is -0.371 e. The van der Waals surface area contributed by atoms with Crippen LogP contribution >= 0.6 is 0 Å². The first-order chi connectivity index (χ1) is 8.71. The summed E-state index contributed by atoms with van der Waals surface area (Å²) in [5, 5.41) is 0. The van der Waals surface area contributed by atoms with Crippen LogP contribution in [0.4, 0.5) is 5.69 Å². The minimum atomic E-state index is 0.625. The van der Waals surface area contributed by atoms with E-state index in [0.29, 0.717) is 6.54 Å². The lowest BCUT2D eigenvalue weighted by Gasteiger charge is -2.27. The fourth-order valence-electron chi connectivity index (χ4n) is 2.40. The molecular weight excluding hydrogens is 220 g/mol. The maximum atomic E-state index is 5.64. The van der Waals surface area contributed by atoms with E-state index in [1.807, 2.05) is 0 Å². The SMILES string of the molecule is CCCC(C)CN(CCC)c1ccc(CN)cc1. The predicted octanol–water partition coefficient (Wildman–Crippen LogP) is 3.80. The van der Waals surface area contributed by atoms with E-state index in [2.05, 4.69) is 49.9 Å². The Bertz CT molecular complexity index is 318. The molecule has 1 rings (SSSR count). The summed E-state index contributed by atoms with van der Waals surface area (Å²) in [4.78, 5) is 2.50. The highest BCUT2D eigenvalue weighted by Crippen LogP contribution is 2.18. The van der Waals surface area contributed by atoms with E-state index >= 15 is 0 Å². The van der Waals surface area contributed by atoms with Gasteiger partial charge in [0.25, 0.3) is 0 Å². The molecule has 1 atom stereocenters. The van der Waals surface area contributed by atoms with Gasteiger partial charge in [0, 0.05) is 25.3 Å². The van der Waals surface area contributed by atoms with Crippen molar-refractivity contribution in [2.45, 2.75) is 46.6 Å². The van der Waals surface area contributed by atoms with Crippen LogP contribution in [0, 0.1) is 5.92 Å². The Morgan fingerprint density at radius 3 is 2.28 bits per heavy atom. The summed E-state index contributed by atoms with van der Waals surface area (Å²) in [7, 11) is 0. The maximum Gasteiger partial charge on any atom is 0.0366 e. The number of benzene rings is 1. The number of nitrogens with zero attached hydrogens (tertiary/aromatic N) is 1. The molecule has 0 amide bonds. The van der Waals surface area contributed by atoms with Crippen LogP contribution in [-0.2, 0) is 6.54 Å².